The highest BCUT2D eigenvalue weighted by atomic mass is 79.9. The molecule has 1 aromatic heterocycles. The fourth-order valence-corrected chi connectivity index (χ4v) is 2.19. The molecule has 3 heteroatoms. The molecule has 1 atom stereocenters. The number of halogens is 2. The number of pyridine rings is 1. The fourth-order valence-electron chi connectivity index (χ4n) is 1.81. The monoisotopic (exact) mass is 293 g/mol. The first kappa shape index (κ1) is 12.2. The van der Waals surface area contributed by atoms with Crippen molar-refractivity contribution in [1.29, 1.82) is 0 Å². The predicted molar refractivity (Wildman–Crippen MR) is 70.5 cm³/mol. The summed E-state index contributed by atoms with van der Waals surface area (Å²) in [5.41, 5.74) is 1.86. The standard InChI is InChI=1S/C14H13BrFN/c1-10(12-7-13(15)9-17-8-12)6-11-4-2-3-5-14(11)16/h2-5,7-10H,6H2,1H3. The van der Waals surface area contributed by atoms with Crippen LogP contribution in [-0.2, 0) is 6.42 Å². The Kier molecular flexibility index (Phi) is 3.89. The van der Waals surface area contributed by atoms with Gasteiger partial charge >= 0.3 is 0 Å². The van der Waals surface area contributed by atoms with Crippen LogP contribution in [0.3, 0.4) is 0 Å². The van der Waals surface area contributed by atoms with Crippen molar-refractivity contribution in [3.63, 3.8) is 0 Å². The van der Waals surface area contributed by atoms with E-state index in [1.165, 1.54) is 6.07 Å². The van der Waals surface area contributed by atoms with Crippen molar-refractivity contribution in [2.75, 3.05) is 0 Å². The van der Waals surface area contributed by atoms with Gasteiger partial charge in [-0.3, -0.25) is 4.98 Å². The second-order valence-corrected chi connectivity index (χ2v) is 5.05. The van der Waals surface area contributed by atoms with E-state index in [1.54, 1.807) is 12.3 Å². The Morgan fingerprint density at radius 3 is 2.76 bits per heavy atom. The van der Waals surface area contributed by atoms with E-state index in [-0.39, 0.29) is 11.7 Å². The van der Waals surface area contributed by atoms with Gasteiger partial charge in [0.1, 0.15) is 5.82 Å². The Morgan fingerprint density at radius 2 is 2.06 bits per heavy atom. The van der Waals surface area contributed by atoms with Gasteiger partial charge in [-0.2, -0.15) is 0 Å². The van der Waals surface area contributed by atoms with E-state index in [9.17, 15) is 4.39 Å². The molecule has 1 unspecified atom stereocenters. The maximum absolute atomic E-state index is 13.5. The zero-order valence-corrected chi connectivity index (χ0v) is 11.1. The third kappa shape index (κ3) is 3.13. The number of hydrogen-bond acceptors (Lipinski definition) is 1. The number of rotatable bonds is 3. The molecule has 17 heavy (non-hydrogen) atoms. The van der Waals surface area contributed by atoms with Gasteiger partial charge in [-0.1, -0.05) is 25.1 Å². The molecule has 0 N–H and O–H groups in total. The summed E-state index contributed by atoms with van der Waals surface area (Å²) < 4.78 is 14.5. The van der Waals surface area contributed by atoms with Crippen molar-refractivity contribution in [1.82, 2.24) is 4.98 Å². The minimum atomic E-state index is -0.137. The Morgan fingerprint density at radius 1 is 1.29 bits per heavy atom. The zero-order valence-electron chi connectivity index (χ0n) is 9.53. The second kappa shape index (κ2) is 5.41. The maximum atomic E-state index is 13.5. The molecule has 0 aliphatic rings. The summed E-state index contributed by atoms with van der Waals surface area (Å²) >= 11 is 3.39. The molecule has 1 nitrogen and oxygen atoms in total. The molecule has 0 radical (unpaired) electrons. The van der Waals surface area contributed by atoms with Gasteiger partial charge in [-0.05, 0) is 51.5 Å². The third-order valence-corrected chi connectivity index (χ3v) is 3.21. The van der Waals surface area contributed by atoms with Crippen LogP contribution in [0.15, 0.2) is 47.2 Å². The molecule has 1 aromatic carbocycles. The van der Waals surface area contributed by atoms with Gasteiger partial charge in [0.2, 0.25) is 0 Å². The van der Waals surface area contributed by atoms with Gasteiger partial charge in [0, 0.05) is 16.9 Å². The van der Waals surface area contributed by atoms with Gasteiger partial charge in [0.15, 0.2) is 0 Å². The number of hydrogen-bond donors (Lipinski definition) is 0. The second-order valence-electron chi connectivity index (χ2n) is 4.13. The Hall–Kier alpha value is -1.22. The summed E-state index contributed by atoms with van der Waals surface area (Å²) in [6.45, 7) is 2.08. The van der Waals surface area contributed by atoms with Gasteiger partial charge in [0.25, 0.3) is 0 Å². The molecule has 0 amide bonds. The SMILES string of the molecule is CC(Cc1ccccc1F)c1cncc(Br)c1. The summed E-state index contributed by atoms with van der Waals surface area (Å²) in [4.78, 5) is 4.13. The topological polar surface area (TPSA) is 12.9 Å². The van der Waals surface area contributed by atoms with Crippen LogP contribution in [0.4, 0.5) is 4.39 Å². The smallest absolute Gasteiger partial charge is 0.126 e. The minimum Gasteiger partial charge on any atom is -0.263 e. The first-order valence-electron chi connectivity index (χ1n) is 5.50. The summed E-state index contributed by atoms with van der Waals surface area (Å²) in [5, 5.41) is 0. The summed E-state index contributed by atoms with van der Waals surface area (Å²) in [6.07, 6.45) is 4.26. The largest absolute Gasteiger partial charge is 0.263 e. The molecule has 88 valence electrons. The molecular weight excluding hydrogens is 281 g/mol. The molecule has 0 aliphatic heterocycles. The van der Waals surface area contributed by atoms with Crippen LogP contribution >= 0.6 is 15.9 Å². The van der Waals surface area contributed by atoms with E-state index in [0.717, 1.165) is 15.6 Å². The summed E-state index contributed by atoms with van der Waals surface area (Å²) in [5.74, 6) is 0.110. The number of nitrogens with zero attached hydrogens (tertiary/aromatic N) is 1. The first-order valence-corrected chi connectivity index (χ1v) is 6.30. The molecule has 0 fully saturated rings. The Bertz CT molecular complexity index is 513. The summed E-state index contributed by atoms with van der Waals surface area (Å²) in [7, 11) is 0. The lowest BCUT2D eigenvalue weighted by molar-refractivity contribution is 0.597. The van der Waals surface area contributed by atoms with Crippen molar-refractivity contribution < 1.29 is 4.39 Å². The van der Waals surface area contributed by atoms with Crippen LogP contribution in [0, 0.1) is 5.82 Å². The Balaban J connectivity index is 2.17. The lowest BCUT2D eigenvalue weighted by atomic mass is 9.95. The van der Waals surface area contributed by atoms with Crippen LogP contribution in [0.2, 0.25) is 0 Å². The highest BCUT2D eigenvalue weighted by Gasteiger charge is 2.10. The molecule has 0 saturated carbocycles. The maximum Gasteiger partial charge on any atom is 0.126 e. The average Bonchev–Trinajstić information content (AvgIpc) is 2.32. The normalized spacial score (nSPS) is 12.4. The first-order chi connectivity index (χ1) is 8.16. The van der Waals surface area contributed by atoms with E-state index < -0.39 is 0 Å². The fraction of sp³-hybridized carbons (Fsp3) is 0.214. The van der Waals surface area contributed by atoms with Crippen molar-refractivity contribution >= 4 is 15.9 Å². The van der Waals surface area contributed by atoms with E-state index >= 15 is 0 Å². The van der Waals surface area contributed by atoms with Crippen LogP contribution in [-0.4, -0.2) is 4.98 Å². The number of benzene rings is 1. The lowest BCUT2D eigenvalue weighted by Gasteiger charge is -2.12. The van der Waals surface area contributed by atoms with Gasteiger partial charge < -0.3 is 0 Å². The van der Waals surface area contributed by atoms with Gasteiger partial charge in [0.05, 0.1) is 0 Å². The van der Waals surface area contributed by atoms with E-state index in [1.807, 2.05) is 24.4 Å². The molecule has 0 saturated heterocycles. The predicted octanol–water partition coefficient (Wildman–Crippen LogP) is 4.33. The molecule has 2 rings (SSSR count). The highest BCUT2D eigenvalue weighted by Crippen LogP contribution is 2.23. The highest BCUT2D eigenvalue weighted by molar-refractivity contribution is 9.10. The third-order valence-electron chi connectivity index (χ3n) is 2.78. The van der Waals surface area contributed by atoms with Crippen molar-refractivity contribution in [3.05, 3.63) is 64.1 Å². The minimum absolute atomic E-state index is 0.137. The van der Waals surface area contributed by atoms with Crippen molar-refractivity contribution in [3.8, 4) is 0 Å². The molecule has 2 aromatic rings. The number of aromatic nitrogens is 1. The molecule has 0 spiro atoms. The molecule has 0 bridgehead atoms. The van der Waals surface area contributed by atoms with Crippen molar-refractivity contribution in [2.45, 2.75) is 19.3 Å². The van der Waals surface area contributed by atoms with E-state index in [4.69, 9.17) is 0 Å². The van der Waals surface area contributed by atoms with Gasteiger partial charge in [-0.25, -0.2) is 4.39 Å². The summed E-state index contributed by atoms with van der Waals surface area (Å²) in [6, 6.07) is 8.94. The van der Waals surface area contributed by atoms with Crippen molar-refractivity contribution in [2.24, 2.45) is 0 Å². The zero-order chi connectivity index (χ0) is 12.3. The quantitative estimate of drug-likeness (QED) is 0.821. The Labute approximate surface area is 109 Å². The van der Waals surface area contributed by atoms with Gasteiger partial charge in [-0.15, -0.1) is 0 Å². The average molecular weight is 294 g/mol. The lowest BCUT2D eigenvalue weighted by Crippen LogP contribution is -2.01. The van der Waals surface area contributed by atoms with Crippen LogP contribution < -0.4 is 0 Å². The van der Waals surface area contributed by atoms with E-state index in [2.05, 4.69) is 27.8 Å². The van der Waals surface area contributed by atoms with Crippen LogP contribution in [0.5, 0.6) is 0 Å². The molecule has 1 heterocycles. The molecule has 0 aliphatic carbocycles. The van der Waals surface area contributed by atoms with E-state index in [0.29, 0.717) is 6.42 Å². The van der Waals surface area contributed by atoms with Crippen LogP contribution in [0.25, 0.3) is 0 Å². The van der Waals surface area contributed by atoms with Crippen LogP contribution in [0.1, 0.15) is 24.0 Å². The molecular formula is C14H13BrFN.